The summed E-state index contributed by atoms with van der Waals surface area (Å²) in [5.74, 6) is -0.565. The Morgan fingerprint density at radius 3 is 2.50 bits per heavy atom. The molecule has 0 aliphatic carbocycles. The number of aryl methyl sites for hydroxylation is 1. The molecule has 0 spiro atoms. The van der Waals surface area contributed by atoms with E-state index in [1.807, 2.05) is 13.0 Å². The van der Waals surface area contributed by atoms with Crippen LogP contribution >= 0.6 is 11.6 Å². The van der Waals surface area contributed by atoms with E-state index < -0.39 is 27.8 Å². The molecule has 1 fully saturated rings. The van der Waals surface area contributed by atoms with E-state index >= 15 is 0 Å². The van der Waals surface area contributed by atoms with E-state index in [4.69, 9.17) is 16.0 Å². The molecular formula is C22H18ClNO5S. The number of hydrogen-bond donors (Lipinski definition) is 0. The molecule has 6 nitrogen and oxygen atoms in total. The first-order chi connectivity index (χ1) is 14.2. The van der Waals surface area contributed by atoms with Gasteiger partial charge < -0.3 is 9.32 Å². The second kappa shape index (κ2) is 6.68. The van der Waals surface area contributed by atoms with Gasteiger partial charge in [-0.2, -0.15) is 0 Å². The standard InChI is InChI=1S/C22H18ClNO5S/c1-12-2-7-17-16(10-12)20(25)18-19(13-3-5-14(23)6-4-13)24(22(26)21(18)29-17)15-8-9-30(27,28)11-15/h2-7,10,15,19H,8-9,11H2,1H3. The Hall–Kier alpha value is -2.64. The molecule has 1 saturated heterocycles. The third-order valence-corrected chi connectivity index (χ3v) is 7.85. The largest absolute Gasteiger partial charge is 0.450 e. The fourth-order valence-electron chi connectivity index (χ4n) is 4.45. The molecule has 30 heavy (non-hydrogen) atoms. The summed E-state index contributed by atoms with van der Waals surface area (Å²) in [7, 11) is -3.23. The van der Waals surface area contributed by atoms with Crippen molar-refractivity contribution in [2.45, 2.75) is 25.4 Å². The van der Waals surface area contributed by atoms with Gasteiger partial charge in [-0.3, -0.25) is 9.59 Å². The number of hydrogen-bond acceptors (Lipinski definition) is 5. The number of benzene rings is 2. The third kappa shape index (κ3) is 2.96. The molecule has 0 saturated carbocycles. The van der Waals surface area contributed by atoms with Gasteiger partial charge >= 0.3 is 0 Å². The number of halogens is 1. The summed E-state index contributed by atoms with van der Waals surface area (Å²) in [5, 5.41) is 0.931. The van der Waals surface area contributed by atoms with Crippen molar-refractivity contribution in [3.8, 4) is 0 Å². The van der Waals surface area contributed by atoms with Gasteiger partial charge in [-0.25, -0.2) is 8.42 Å². The quantitative estimate of drug-likeness (QED) is 0.605. The van der Waals surface area contributed by atoms with E-state index in [1.165, 1.54) is 4.90 Å². The van der Waals surface area contributed by atoms with E-state index in [2.05, 4.69) is 0 Å². The smallest absolute Gasteiger partial charge is 0.291 e. The van der Waals surface area contributed by atoms with E-state index in [-0.39, 0.29) is 28.3 Å². The Morgan fingerprint density at radius 2 is 1.83 bits per heavy atom. The van der Waals surface area contributed by atoms with Crippen LogP contribution in [0.5, 0.6) is 0 Å². The van der Waals surface area contributed by atoms with Crippen molar-refractivity contribution in [3.05, 3.63) is 80.2 Å². The predicted molar refractivity (Wildman–Crippen MR) is 114 cm³/mol. The number of carbonyl (C=O) groups is 1. The lowest BCUT2D eigenvalue weighted by Gasteiger charge is -2.30. The van der Waals surface area contributed by atoms with Crippen molar-refractivity contribution in [2.24, 2.45) is 0 Å². The fourth-order valence-corrected chi connectivity index (χ4v) is 6.29. The Kier molecular flexibility index (Phi) is 4.31. The van der Waals surface area contributed by atoms with Crippen LogP contribution in [-0.2, 0) is 9.84 Å². The molecule has 2 atom stereocenters. The van der Waals surface area contributed by atoms with Gasteiger partial charge in [0.2, 0.25) is 5.76 Å². The molecule has 8 heteroatoms. The molecule has 2 aromatic carbocycles. The zero-order chi connectivity index (χ0) is 21.2. The van der Waals surface area contributed by atoms with Crippen molar-refractivity contribution in [1.29, 1.82) is 0 Å². The molecule has 2 aliphatic rings. The molecule has 1 amide bonds. The average molecular weight is 444 g/mol. The molecule has 2 aliphatic heterocycles. The summed E-state index contributed by atoms with van der Waals surface area (Å²) in [4.78, 5) is 28.4. The lowest BCUT2D eigenvalue weighted by molar-refractivity contribution is 0.0662. The van der Waals surface area contributed by atoms with Crippen LogP contribution in [0.25, 0.3) is 11.0 Å². The summed E-state index contributed by atoms with van der Waals surface area (Å²) in [6.45, 7) is 1.88. The summed E-state index contributed by atoms with van der Waals surface area (Å²) < 4.78 is 30.1. The zero-order valence-electron chi connectivity index (χ0n) is 16.1. The lowest BCUT2D eigenvalue weighted by Crippen LogP contribution is -2.40. The molecule has 154 valence electrons. The maximum absolute atomic E-state index is 13.5. The van der Waals surface area contributed by atoms with Crippen LogP contribution < -0.4 is 5.43 Å². The number of nitrogens with zero attached hydrogens (tertiary/aromatic N) is 1. The number of sulfone groups is 1. The second-order valence-electron chi connectivity index (χ2n) is 7.90. The molecule has 1 aromatic heterocycles. The number of amides is 1. The van der Waals surface area contributed by atoms with Crippen molar-refractivity contribution in [1.82, 2.24) is 4.90 Å². The summed E-state index contributed by atoms with van der Waals surface area (Å²) in [5.41, 5.74) is 1.92. The first-order valence-corrected chi connectivity index (χ1v) is 11.8. The van der Waals surface area contributed by atoms with Crippen molar-refractivity contribution in [2.75, 3.05) is 11.5 Å². The molecule has 0 bridgehead atoms. The van der Waals surface area contributed by atoms with Gasteiger partial charge in [-0.05, 0) is 43.2 Å². The Balaban J connectivity index is 1.77. The SMILES string of the molecule is Cc1ccc2oc3c(c(=O)c2c1)C(c1ccc(Cl)cc1)N(C1CCS(=O)(=O)C1)C3=O. The number of rotatable bonds is 2. The Bertz CT molecular complexity index is 1360. The van der Waals surface area contributed by atoms with Gasteiger partial charge in [0.05, 0.1) is 28.5 Å². The molecule has 0 radical (unpaired) electrons. The lowest BCUT2D eigenvalue weighted by atomic mass is 9.97. The number of carbonyl (C=O) groups excluding carboxylic acids is 1. The van der Waals surface area contributed by atoms with Crippen LogP contribution in [0, 0.1) is 6.92 Å². The molecular weight excluding hydrogens is 426 g/mol. The predicted octanol–water partition coefficient (Wildman–Crippen LogP) is 3.49. The second-order valence-corrected chi connectivity index (χ2v) is 10.6. The fraction of sp³-hybridized carbons (Fsp3) is 0.273. The van der Waals surface area contributed by atoms with Gasteiger partial charge in [0.1, 0.15) is 5.58 Å². The van der Waals surface area contributed by atoms with Gasteiger partial charge in [0, 0.05) is 11.1 Å². The molecule has 2 unspecified atom stereocenters. The van der Waals surface area contributed by atoms with Gasteiger partial charge in [0.25, 0.3) is 5.91 Å². The number of fused-ring (bicyclic) bond motifs is 2. The highest BCUT2D eigenvalue weighted by Crippen LogP contribution is 2.41. The van der Waals surface area contributed by atoms with E-state index in [9.17, 15) is 18.0 Å². The summed E-state index contributed by atoms with van der Waals surface area (Å²) >= 11 is 6.03. The van der Waals surface area contributed by atoms with E-state index in [0.29, 0.717) is 28.0 Å². The Morgan fingerprint density at radius 1 is 1.10 bits per heavy atom. The van der Waals surface area contributed by atoms with Crippen LogP contribution in [0.4, 0.5) is 0 Å². The molecule has 0 N–H and O–H groups in total. The highest BCUT2D eigenvalue weighted by molar-refractivity contribution is 7.91. The maximum Gasteiger partial charge on any atom is 0.291 e. The van der Waals surface area contributed by atoms with Crippen LogP contribution in [0.3, 0.4) is 0 Å². The topological polar surface area (TPSA) is 84.7 Å². The van der Waals surface area contributed by atoms with Gasteiger partial charge in [-0.1, -0.05) is 35.4 Å². The van der Waals surface area contributed by atoms with Crippen LogP contribution in [0.1, 0.15) is 39.7 Å². The minimum absolute atomic E-state index is 0.0133. The maximum atomic E-state index is 13.5. The first kappa shape index (κ1) is 19.3. The van der Waals surface area contributed by atoms with Gasteiger partial charge in [0.15, 0.2) is 15.3 Å². The molecule has 3 heterocycles. The van der Waals surface area contributed by atoms with Crippen molar-refractivity contribution < 1.29 is 17.6 Å². The highest BCUT2D eigenvalue weighted by Gasteiger charge is 2.48. The zero-order valence-corrected chi connectivity index (χ0v) is 17.7. The van der Waals surface area contributed by atoms with Crippen LogP contribution in [0.15, 0.2) is 51.7 Å². The van der Waals surface area contributed by atoms with Crippen LogP contribution in [0.2, 0.25) is 5.02 Å². The van der Waals surface area contributed by atoms with E-state index in [0.717, 1.165) is 5.56 Å². The molecule has 3 aromatic rings. The molecule has 5 rings (SSSR count). The third-order valence-electron chi connectivity index (χ3n) is 5.85. The monoisotopic (exact) mass is 443 g/mol. The van der Waals surface area contributed by atoms with E-state index in [1.54, 1.807) is 36.4 Å². The first-order valence-electron chi connectivity index (χ1n) is 9.61. The minimum Gasteiger partial charge on any atom is -0.450 e. The van der Waals surface area contributed by atoms with Crippen molar-refractivity contribution >= 4 is 38.3 Å². The highest BCUT2D eigenvalue weighted by atomic mass is 35.5. The van der Waals surface area contributed by atoms with Crippen LogP contribution in [-0.4, -0.2) is 36.8 Å². The Labute approximate surface area is 178 Å². The summed E-state index contributed by atoms with van der Waals surface area (Å²) in [6.07, 6.45) is 0.332. The summed E-state index contributed by atoms with van der Waals surface area (Å²) in [6, 6.07) is 10.9. The van der Waals surface area contributed by atoms with Crippen molar-refractivity contribution in [3.63, 3.8) is 0 Å². The van der Waals surface area contributed by atoms with Gasteiger partial charge in [-0.15, -0.1) is 0 Å². The average Bonchev–Trinajstić information content (AvgIpc) is 3.20. The minimum atomic E-state index is -3.23. The normalized spacial score (nSPS) is 22.6.